The maximum absolute atomic E-state index is 12.3. The van der Waals surface area contributed by atoms with Crippen LogP contribution in [0.25, 0.3) is 5.69 Å². The Morgan fingerprint density at radius 3 is 2.42 bits per heavy atom. The van der Waals surface area contributed by atoms with Gasteiger partial charge in [-0.2, -0.15) is 9.90 Å². The van der Waals surface area contributed by atoms with Crippen LogP contribution in [-0.2, 0) is 9.84 Å². The van der Waals surface area contributed by atoms with Gasteiger partial charge in [0.2, 0.25) is 0 Å². The Hall–Kier alpha value is -3.00. The van der Waals surface area contributed by atoms with E-state index in [4.69, 9.17) is 0 Å². The van der Waals surface area contributed by atoms with Crippen molar-refractivity contribution >= 4 is 21.4 Å². The van der Waals surface area contributed by atoms with Crippen molar-refractivity contribution in [3.63, 3.8) is 0 Å². The van der Waals surface area contributed by atoms with Crippen LogP contribution in [0.4, 0.5) is 5.69 Å². The number of hydrogen-bond donors (Lipinski definition) is 1. The predicted molar refractivity (Wildman–Crippen MR) is 88.9 cm³/mol. The van der Waals surface area contributed by atoms with E-state index in [1.54, 1.807) is 24.3 Å². The number of nitrogens with zero attached hydrogens (tertiary/aromatic N) is 3. The molecule has 3 rings (SSSR count). The molecule has 0 unspecified atom stereocenters. The number of sulfone groups is 1. The number of aromatic nitrogens is 3. The Balaban J connectivity index is 1.86. The first-order chi connectivity index (χ1) is 11.4. The fourth-order valence-electron chi connectivity index (χ4n) is 2.13. The number of anilines is 1. The highest BCUT2D eigenvalue weighted by Gasteiger charge is 2.17. The van der Waals surface area contributed by atoms with E-state index in [1.165, 1.54) is 23.1 Å². The van der Waals surface area contributed by atoms with Gasteiger partial charge < -0.3 is 5.32 Å². The average molecular weight is 342 g/mol. The summed E-state index contributed by atoms with van der Waals surface area (Å²) in [5, 5.41) is 10.7. The SMILES string of the molecule is CS(=O)(=O)c1ccccc1NC(=O)c1cnn(-c2ccccc2)n1. The van der Waals surface area contributed by atoms with E-state index in [2.05, 4.69) is 15.5 Å². The molecule has 7 nitrogen and oxygen atoms in total. The molecular formula is C16H14N4O3S. The minimum Gasteiger partial charge on any atom is -0.319 e. The highest BCUT2D eigenvalue weighted by molar-refractivity contribution is 7.90. The third-order valence-electron chi connectivity index (χ3n) is 3.25. The van der Waals surface area contributed by atoms with Crippen molar-refractivity contribution in [3.8, 4) is 5.69 Å². The summed E-state index contributed by atoms with van der Waals surface area (Å²) in [6.07, 6.45) is 2.41. The molecule has 0 bridgehead atoms. The van der Waals surface area contributed by atoms with Gasteiger partial charge in [-0.1, -0.05) is 30.3 Å². The molecule has 1 aromatic heterocycles. The van der Waals surface area contributed by atoms with Crippen molar-refractivity contribution < 1.29 is 13.2 Å². The average Bonchev–Trinajstić information content (AvgIpc) is 3.05. The van der Waals surface area contributed by atoms with Gasteiger partial charge in [0.1, 0.15) is 0 Å². The van der Waals surface area contributed by atoms with Gasteiger partial charge in [0.25, 0.3) is 5.91 Å². The second-order valence-corrected chi connectivity index (χ2v) is 7.06. The summed E-state index contributed by atoms with van der Waals surface area (Å²) in [5.41, 5.74) is 1.01. The molecule has 0 radical (unpaired) electrons. The zero-order valence-corrected chi connectivity index (χ0v) is 13.6. The number of nitrogens with one attached hydrogen (secondary N) is 1. The molecule has 3 aromatic rings. The van der Waals surface area contributed by atoms with E-state index in [9.17, 15) is 13.2 Å². The molecule has 0 spiro atoms. The van der Waals surface area contributed by atoms with Crippen molar-refractivity contribution in [1.29, 1.82) is 0 Å². The summed E-state index contributed by atoms with van der Waals surface area (Å²) < 4.78 is 23.6. The van der Waals surface area contributed by atoms with Crippen LogP contribution in [0.3, 0.4) is 0 Å². The second kappa shape index (κ2) is 6.25. The second-order valence-electron chi connectivity index (χ2n) is 5.08. The lowest BCUT2D eigenvalue weighted by Gasteiger charge is -2.08. The molecule has 1 amide bonds. The molecule has 0 fully saturated rings. The van der Waals surface area contributed by atoms with Gasteiger partial charge in [-0.3, -0.25) is 4.79 Å². The molecule has 0 atom stereocenters. The van der Waals surface area contributed by atoms with Crippen LogP contribution < -0.4 is 5.32 Å². The number of carbonyl (C=O) groups is 1. The van der Waals surface area contributed by atoms with Crippen molar-refractivity contribution in [2.75, 3.05) is 11.6 Å². The smallest absolute Gasteiger partial charge is 0.277 e. The monoisotopic (exact) mass is 342 g/mol. The molecule has 24 heavy (non-hydrogen) atoms. The molecular weight excluding hydrogens is 328 g/mol. The van der Waals surface area contributed by atoms with Crippen LogP contribution >= 0.6 is 0 Å². The van der Waals surface area contributed by atoms with Gasteiger partial charge in [0.05, 0.1) is 22.5 Å². The van der Waals surface area contributed by atoms with Crippen LogP contribution in [0.2, 0.25) is 0 Å². The van der Waals surface area contributed by atoms with Gasteiger partial charge in [0.15, 0.2) is 15.5 Å². The normalized spacial score (nSPS) is 11.2. The van der Waals surface area contributed by atoms with Gasteiger partial charge in [-0.25, -0.2) is 8.42 Å². The van der Waals surface area contributed by atoms with E-state index in [-0.39, 0.29) is 16.3 Å². The summed E-state index contributed by atoms with van der Waals surface area (Å²) in [6, 6.07) is 15.3. The maximum atomic E-state index is 12.3. The Bertz CT molecular complexity index is 981. The maximum Gasteiger partial charge on any atom is 0.277 e. The zero-order valence-electron chi connectivity index (χ0n) is 12.7. The molecule has 0 aliphatic heterocycles. The number of carbonyl (C=O) groups excluding carboxylic acids is 1. The van der Waals surface area contributed by atoms with Crippen LogP contribution in [-0.4, -0.2) is 35.6 Å². The first kappa shape index (κ1) is 15.9. The first-order valence-electron chi connectivity index (χ1n) is 7.03. The summed E-state index contributed by atoms with van der Waals surface area (Å²) in [5.74, 6) is -0.534. The molecule has 1 N–H and O–H groups in total. The number of para-hydroxylation sites is 2. The number of benzene rings is 2. The first-order valence-corrected chi connectivity index (χ1v) is 8.92. The molecule has 2 aromatic carbocycles. The number of amides is 1. The topological polar surface area (TPSA) is 94.0 Å². The Kier molecular flexibility index (Phi) is 4.13. The number of rotatable bonds is 4. The molecule has 1 heterocycles. The minimum atomic E-state index is -3.46. The molecule has 0 saturated heterocycles. The fourth-order valence-corrected chi connectivity index (χ4v) is 2.98. The summed E-state index contributed by atoms with van der Waals surface area (Å²) in [6.45, 7) is 0. The van der Waals surface area contributed by atoms with Gasteiger partial charge in [-0.15, -0.1) is 5.10 Å². The van der Waals surface area contributed by atoms with Crippen LogP contribution in [0, 0.1) is 0 Å². The van der Waals surface area contributed by atoms with Gasteiger partial charge >= 0.3 is 0 Å². The third-order valence-corrected chi connectivity index (χ3v) is 4.40. The van der Waals surface area contributed by atoms with E-state index >= 15 is 0 Å². The summed E-state index contributed by atoms with van der Waals surface area (Å²) >= 11 is 0. The standard InChI is InChI=1S/C16H14N4O3S/c1-24(22,23)15-10-6-5-9-13(15)18-16(21)14-11-17-20(19-14)12-7-3-2-4-8-12/h2-11H,1H3,(H,18,21). The summed E-state index contributed by atoms with van der Waals surface area (Å²) in [4.78, 5) is 13.7. The van der Waals surface area contributed by atoms with Crippen LogP contribution in [0.1, 0.15) is 10.5 Å². The lowest BCUT2D eigenvalue weighted by atomic mass is 10.3. The Labute approximate surface area is 138 Å². The minimum absolute atomic E-state index is 0.0498. The highest BCUT2D eigenvalue weighted by atomic mass is 32.2. The van der Waals surface area contributed by atoms with Gasteiger partial charge in [0, 0.05) is 6.26 Å². The number of hydrogen-bond acceptors (Lipinski definition) is 5. The zero-order chi connectivity index (χ0) is 17.2. The highest BCUT2D eigenvalue weighted by Crippen LogP contribution is 2.21. The lowest BCUT2D eigenvalue weighted by Crippen LogP contribution is -2.15. The van der Waals surface area contributed by atoms with Gasteiger partial charge in [-0.05, 0) is 24.3 Å². The van der Waals surface area contributed by atoms with Crippen molar-refractivity contribution in [2.24, 2.45) is 0 Å². The van der Waals surface area contributed by atoms with Crippen LogP contribution in [0.15, 0.2) is 65.7 Å². The predicted octanol–water partition coefficient (Wildman–Crippen LogP) is 1.92. The summed E-state index contributed by atoms with van der Waals surface area (Å²) in [7, 11) is -3.46. The molecule has 8 heteroatoms. The van der Waals surface area contributed by atoms with E-state index in [0.29, 0.717) is 5.69 Å². The van der Waals surface area contributed by atoms with Crippen molar-refractivity contribution in [3.05, 3.63) is 66.5 Å². The Morgan fingerprint density at radius 1 is 1.04 bits per heavy atom. The quantitative estimate of drug-likeness (QED) is 0.782. The van der Waals surface area contributed by atoms with Crippen LogP contribution in [0.5, 0.6) is 0 Å². The lowest BCUT2D eigenvalue weighted by molar-refractivity contribution is 0.102. The van der Waals surface area contributed by atoms with E-state index in [1.807, 2.05) is 18.2 Å². The van der Waals surface area contributed by atoms with Crippen molar-refractivity contribution in [2.45, 2.75) is 4.90 Å². The largest absolute Gasteiger partial charge is 0.319 e. The van der Waals surface area contributed by atoms with E-state index < -0.39 is 15.7 Å². The van der Waals surface area contributed by atoms with Crippen molar-refractivity contribution in [1.82, 2.24) is 15.0 Å². The molecule has 0 saturated carbocycles. The Morgan fingerprint density at radius 2 is 1.71 bits per heavy atom. The molecule has 0 aliphatic rings. The fraction of sp³-hybridized carbons (Fsp3) is 0.0625. The van der Waals surface area contributed by atoms with E-state index in [0.717, 1.165) is 6.26 Å². The molecule has 122 valence electrons. The molecule has 0 aliphatic carbocycles. The third kappa shape index (κ3) is 3.33.